The molecule has 2 atom stereocenters. The number of nitrogens with zero attached hydrogens (tertiary/aromatic N) is 1. The lowest BCUT2D eigenvalue weighted by atomic mass is 10.1. The van der Waals surface area contributed by atoms with Crippen molar-refractivity contribution in [3.8, 4) is 0 Å². The fraction of sp³-hybridized carbons (Fsp3) is 0.923. The van der Waals surface area contributed by atoms with Gasteiger partial charge in [0.05, 0.1) is 12.2 Å². The van der Waals surface area contributed by atoms with Crippen LogP contribution in [0.1, 0.15) is 52.4 Å². The molecule has 1 N–H and O–H groups in total. The van der Waals surface area contributed by atoms with Crippen molar-refractivity contribution in [3.05, 3.63) is 0 Å². The zero-order chi connectivity index (χ0) is 11.5. The van der Waals surface area contributed by atoms with E-state index in [1.807, 2.05) is 0 Å². The van der Waals surface area contributed by atoms with Gasteiger partial charge in [0, 0.05) is 6.54 Å². The van der Waals surface area contributed by atoms with Crippen LogP contribution in [0.15, 0.2) is 0 Å². The van der Waals surface area contributed by atoms with Crippen molar-refractivity contribution in [3.63, 3.8) is 0 Å². The summed E-state index contributed by atoms with van der Waals surface area (Å²) in [5.41, 5.74) is 0. The van der Waals surface area contributed by atoms with Crippen molar-refractivity contribution < 1.29 is 4.79 Å². The maximum atomic E-state index is 12.2. The van der Waals surface area contributed by atoms with Crippen LogP contribution in [0.5, 0.6) is 0 Å². The maximum Gasteiger partial charge on any atom is 0.241 e. The average molecular weight is 224 g/mol. The SMILES string of the molecule is CCCCC1NC(CC)N(CC2CC2)C1=O. The summed E-state index contributed by atoms with van der Waals surface area (Å²) < 4.78 is 0. The van der Waals surface area contributed by atoms with Crippen LogP contribution in [-0.4, -0.2) is 29.6 Å². The summed E-state index contributed by atoms with van der Waals surface area (Å²) in [6.07, 6.45) is 7.30. The summed E-state index contributed by atoms with van der Waals surface area (Å²) in [7, 11) is 0. The fourth-order valence-electron chi connectivity index (χ4n) is 2.50. The molecule has 1 aliphatic heterocycles. The molecule has 2 fully saturated rings. The fourth-order valence-corrected chi connectivity index (χ4v) is 2.50. The van der Waals surface area contributed by atoms with Gasteiger partial charge in [-0.2, -0.15) is 0 Å². The van der Waals surface area contributed by atoms with Crippen LogP contribution in [0.2, 0.25) is 0 Å². The zero-order valence-electron chi connectivity index (χ0n) is 10.5. The van der Waals surface area contributed by atoms with Gasteiger partial charge in [-0.15, -0.1) is 0 Å². The van der Waals surface area contributed by atoms with Crippen molar-refractivity contribution in [1.29, 1.82) is 0 Å². The number of hydrogen-bond acceptors (Lipinski definition) is 2. The molecule has 1 amide bonds. The molecule has 1 aliphatic carbocycles. The molecule has 0 bridgehead atoms. The van der Waals surface area contributed by atoms with Gasteiger partial charge in [-0.3, -0.25) is 10.1 Å². The number of amides is 1. The first-order valence-corrected chi connectivity index (χ1v) is 6.82. The molecule has 2 aliphatic rings. The van der Waals surface area contributed by atoms with E-state index in [1.54, 1.807) is 0 Å². The van der Waals surface area contributed by atoms with Crippen LogP contribution in [0, 0.1) is 5.92 Å². The second-order valence-corrected chi connectivity index (χ2v) is 5.22. The quantitative estimate of drug-likeness (QED) is 0.749. The molecule has 0 radical (unpaired) electrons. The maximum absolute atomic E-state index is 12.2. The first-order chi connectivity index (χ1) is 7.76. The van der Waals surface area contributed by atoms with Gasteiger partial charge in [-0.1, -0.05) is 26.7 Å². The summed E-state index contributed by atoms with van der Waals surface area (Å²) >= 11 is 0. The zero-order valence-corrected chi connectivity index (χ0v) is 10.5. The minimum atomic E-state index is 0.101. The van der Waals surface area contributed by atoms with Crippen molar-refractivity contribution in [2.45, 2.75) is 64.6 Å². The van der Waals surface area contributed by atoms with E-state index in [4.69, 9.17) is 0 Å². The van der Waals surface area contributed by atoms with Gasteiger partial charge in [0.1, 0.15) is 0 Å². The molecule has 1 heterocycles. The van der Waals surface area contributed by atoms with Crippen molar-refractivity contribution >= 4 is 5.91 Å². The smallest absolute Gasteiger partial charge is 0.241 e. The van der Waals surface area contributed by atoms with Gasteiger partial charge in [0.15, 0.2) is 0 Å². The highest BCUT2D eigenvalue weighted by atomic mass is 16.2. The van der Waals surface area contributed by atoms with E-state index in [0.29, 0.717) is 12.1 Å². The van der Waals surface area contributed by atoms with Crippen LogP contribution in [-0.2, 0) is 4.79 Å². The standard InChI is InChI=1S/C13H24N2O/c1-3-5-6-11-13(16)15(9-10-7-8-10)12(4-2)14-11/h10-12,14H,3-9H2,1-2H3. The lowest BCUT2D eigenvalue weighted by Gasteiger charge is -2.22. The topological polar surface area (TPSA) is 32.3 Å². The lowest BCUT2D eigenvalue weighted by molar-refractivity contribution is -0.130. The molecule has 0 spiro atoms. The lowest BCUT2D eigenvalue weighted by Crippen LogP contribution is -2.38. The predicted octanol–water partition coefficient (Wildman–Crippen LogP) is 2.12. The van der Waals surface area contributed by atoms with E-state index >= 15 is 0 Å². The Kier molecular flexibility index (Phi) is 3.85. The average Bonchev–Trinajstić information content (AvgIpc) is 3.05. The van der Waals surface area contributed by atoms with E-state index in [-0.39, 0.29) is 6.04 Å². The first kappa shape index (κ1) is 11.9. The number of carbonyl (C=O) groups excluding carboxylic acids is 1. The molecule has 3 heteroatoms. The third-order valence-corrected chi connectivity index (χ3v) is 3.74. The largest absolute Gasteiger partial charge is 0.326 e. The summed E-state index contributed by atoms with van der Waals surface area (Å²) in [5.74, 6) is 1.15. The summed E-state index contributed by atoms with van der Waals surface area (Å²) in [5, 5.41) is 3.48. The van der Waals surface area contributed by atoms with Crippen LogP contribution in [0.3, 0.4) is 0 Å². The molecule has 92 valence electrons. The highest BCUT2D eigenvalue weighted by Gasteiger charge is 2.39. The Morgan fingerprint density at radius 1 is 1.38 bits per heavy atom. The highest BCUT2D eigenvalue weighted by molar-refractivity contribution is 5.84. The van der Waals surface area contributed by atoms with Crippen LogP contribution in [0.4, 0.5) is 0 Å². The molecule has 0 aromatic rings. The molecule has 1 saturated heterocycles. The van der Waals surface area contributed by atoms with Crippen molar-refractivity contribution in [1.82, 2.24) is 10.2 Å². The monoisotopic (exact) mass is 224 g/mol. The second kappa shape index (κ2) is 5.17. The van der Waals surface area contributed by atoms with E-state index in [9.17, 15) is 4.79 Å². The highest BCUT2D eigenvalue weighted by Crippen LogP contribution is 2.32. The molecule has 3 nitrogen and oxygen atoms in total. The second-order valence-electron chi connectivity index (χ2n) is 5.22. The van der Waals surface area contributed by atoms with Gasteiger partial charge in [0.2, 0.25) is 5.91 Å². The number of nitrogens with one attached hydrogen (secondary N) is 1. The molecular formula is C13H24N2O. The van der Waals surface area contributed by atoms with Gasteiger partial charge in [0.25, 0.3) is 0 Å². The Balaban J connectivity index is 1.91. The van der Waals surface area contributed by atoms with E-state index in [2.05, 4.69) is 24.1 Å². The van der Waals surface area contributed by atoms with Gasteiger partial charge in [-0.25, -0.2) is 0 Å². The summed E-state index contributed by atoms with van der Waals surface area (Å²) in [6.45, 7) is 5.33. The Morgan fingerprint density at radius 2 is 2.12 bits per heavy atom. The first-order valence-electron chi connectivity index (χ1n) is 6.82. The molecule has 1 saturated carbocycles. The Bertz CT molecular complexity index is 250. The number of carbonyl (C=O) groups is 1. The van der Waals surface area contributed by atoms with Crippen LogP contribution < -0.4 is 5.32 Å². The van der Waals surface area contributed by atoms with E-state index < -0.39 is 0 Å². The van der Waals surface area contributed by atoms with Crippen LogP contribution in [0.25, 0.3) is 0 Å². The van der Waals surface area contributed by atoms with Gasteiger partial charge < -0.3 is 4.90 Å². The van der Waals surface area contributed by atoms with Gasteiger partial charge >= 0.3 is 0 Å². The third kappa shape index (κ3) is 2.57. The molecule has 2 rings (SSSR count). The number of unbranched alkanes of at least 4 members (excludes halogenated alkanes) is 1. The Morgan fingerprint density at radius 3 is 2.69 bits per heavy atom. The minimum Gasteiger partial charge on any atom is -0.326 e. The molecule has 0 aromatic heterocycles. The van der Waals surface area contributed by atoms with Crippen molar-refractivity contribution in [2.24, 2.45) is 5.92 Å². The van der Waals surface area contributed by atoms with E-state index in [1.165, 1.54) is 19.3 Å². The third-order valence-electron chi connectivity index (χ3n) is 3.74. The molecule has 2 unspecified atom stereocenters. The van der Waals surface area contributed by atoms with E-state index in [0.717, 1.165) is 31.7 Å². The van der Waals surface area contributed by atoms with Crippen LogP contribution >= 0.6 is 0 Å². The number of rotatable bonds is 6. The van der Waals surface area contributed by atoms with Gasteiger partial charge in [-0.05, 0) is 31.6 Å². The number of hydrogen-bond donors (Lipinski definition) is 1. The molecule has 0 aromatic carbocycles. The molecular weight excluding hydrogens is 200 g/mol. The predicted molar refractivity (Wildman–Crippen MR) is 65.0 cm³/mol. The molecule has 16 heavy (non-hydrogen) atoms. The Labute approximate surface area is 98.6 Å². The normalized spacial score (nSPS) is 30.1. The Hall–Kier alpha value is -0.570. The minimum absolute atomic E-state index is 0.101. The van der Waals surface area contributed by atoms with Crippen molar-refractivity contribution in [2.75, 3.05) is 6.54 Å². The summed E-state index contributed by atoms with van der Waals surface area (Å²) in [4.78, 5) is 14.3. The summed E-state index contributed by atoms with van der Waals surface area (Å²) in [6, 6.07) is 0.101.